The van der Waals surface area contributed by atoms with Crippen LogP contribution < -0.4 is 5.32 Å². The van der Waals surface area contributed by atoms with Gasteiger partial charge in [-0.2, -0.15) is 0 Å². The molecule has 1 fully saturated rings. The Morgan fingerprint density at radius 3 is 2.58 bits per heavy atom. The van der Waals surface area contributed by atoms with Gasteiger partial charge in [-0.25, -0.2) is 0 Å². The Hall–Kier alpha value is -0.860. The van der Waals surface area contributed by atoms with Crippen LogP contribution in [0, 0.1) is 5.92 Å². The van der Waals surface area contributed by atoms with E-state index in [1.807, 2.05) is 0 Å². The first-order chi connectivity index (χ1) is 9.12. The van der Waals surface area contributed by atoms with Gasteiger partial charge in [0.15, 0.2) is 0 Å². The summed E-state index contributed by atoms with van der Waals surface area (Å²) >= 11 is 0. The van der Waals surface area contributed by atoms with Crippen molar-refractivity contribution >= 4 is 0 Å². The van der Waals surface area contributed by atoms with Crippen molar-refractivity contribution in [2.75, 3.05) is 26.8 Å². The van der Waals surface area contributed by atoms with Crippen molar-refractivity contribution in [3.05, 3.63) is 35.4 Å². The van der Waals surface area contributed by atoms with Crippen LogP contribution in [-0.2, 0) is 16.6 Å². The minimum absolute atomic E-state index is 0.0969. The summed E-state index contributed by atoms with van der Waals surface area (Å²) in [6.45, 7) is 7.60. The molecule has 0 aromatic heterocycles. The van der Waals surface area contributed by atoms with Gasteiger partial charge in [0, 0.05) is 12.5 Å². The van der Waals surface area contributed by atoms with Crippen molar-refractivity contribution in [2.45, 2.75) is 38.5 Å². The Labute approximate surface area is 117 Å². The number of nitrogens with one attached hydrogen (secondary N) is 1. The van der Waals surface area contributed by atoms with Gasteiger partial charge in [-0.1, -0.05) is 38.1 Å². The number of ether oxygens (including phenoxy) is 1. The second-order valence-corrected chi connectivity index (χ2v) is 6.43. The average molecular weight is 261 g/mol. The van der Waals surface area contributed by atoms with E-state index in [2.05, 4.69) is 43.4 Å². The number of piperidine rings is 1. The van der Waals surface area contributed by atoms with Crippen LogP contribution in [0.1, 0.15) is 37.8 Å². The first-order valence-electron chi connectivity index (χ1n) is 7.41. The van der Waals surface area contributed by atoms with E-state index in [4.69, 9.17) is 4.74 Å². The highest BCUT2D eigenvalue weighted by Crippen LogP contribution is 2.25. The molecule has 0 bridgehead atoms. The van der Waals surface area contributed by atoms with Crippen LogP contribution in [0.3, 0.4) is 0 Å². The Morgan fingerprint density at radius 1 is 1.26 bits per heavy atom. The molecule has 2 rings (SSSR count). The molecule has 1 N–H and O–H groups in total. The lowest BCUT2D eigenvalue weighted by atomic mass is 9.84. The van der Waals surface area contributed by atoms with Crippen LogP contribution in [0.2, 0.25) is 0 Å². The van der Waals surface area contributed by atoms with E-state index < -0.39 is 0 Å². The van der Waals surface area contributed by atoms with Crippen LogP contribution >= 0.6 is 0 Å². The second-order valence-electron chi connectivity index (χ2n) is 6.43. The predicted octanol–water partition coefficient (Wildman–Crippen LogP) is 3.15. The topological polar surface area (TPSA) is 21.3 Å². The maximum Gasteiger partial charge on any atom is 0.0553 e. The van der Waals surface area contributed by atoms with Gasteiger partial charge in [-0.05, 0) is 49.4 Å². The molecule has 0 saturated carbocycles. The van der Waals surface area contributed by atoms with Crippen LogP contribution in [0.25, 0.3) is 0 Å². The van der Waals surface area contributed by atoms with Crippen LogP contribution in [0.4, 0.5) is 0 Å². The monoisotopic (exact) mass is 261 g/mol. The number of rotatable bonds is 5. The van der Waals surface area contributed by atoms with Crippen molar-refractivity contribution < 1.29 is 4.74 Å². The van der Waals surface area contributed by atoms with Gasteiger partial charge in [-0.15, -0.1) is 0 Å². The van der Waals surface area contributed by atoms with Gasteiger partial charge in [0.2, 0.25) is 0 Å². The third kappa shape index (κ3) is 4.05. The van der Waals surface area contributed by atoms with Crippen LogP contribution in [-0.4, -0.2) is 26.8 Å². The van der Waals surface area contributed by atoms with Gasteiger partial charge in [0.25, 0.3) is 0 Å². The lowest BCUT2D eigenvalue weighted by molar-refractivity contribution is 0.146. The number of methoxy groups -OCH3 is 1. The molecule has 1 saturated heterocycles. The molecule has 1 aliphatic rings. The molecule has 0 amide bonds. The zero-order valence-electron chi connectivity index (χ0n) is 12.5. The molecular formula is C17H27NO. The maximum atomic E-state index is 5.30. The lowest BCUT2D eigenvalue weighted by Gasteiger charge is -2.25. The molecule has 1 atom stereocenters. The molecule has 2 heteroatoms. The average Bonchev–Trinajstić information content (AvgIpc) is 2.40. The van der Waals surface area contributed by atoms with E-state index in [-0.39, 0.29) is 5.41 Å². The highest BCUT2D eigenvalue weighted by atomic mass is 16.5. The minimum Gasteiger partial charge on any atom is -0.384 e. The molecule has 1 aromatic rings. The Morgan fingerprint density at radius 2 is 2.00 bits per heavy atom. The van der Waals surface area contributed by atoms with Crippen LogP contribution in [0.5, 0.6) is 0 Å². The minimum atomic E-state index is 0.0969. The summed E-state index contributed by atoms with van der Waals surface area (Å²) in [5, 5.41) is 3.49. The molecule has 1 unspecified atom stereocenters. The largest absolute Gasteiger partial charge is 0.384 e. The SMILES string of the molecule is COCC(C)(C)c1ccc(CC2CCCNC2)cc1. The van der Waals surface area contributed by atoms with Gasteiger partial charge >= 0.3 is 0 Å². The summed E-state index contributed by atoms with van der Waals surface area (Å²) < 4.78 is 5.30. The quantitative estimate of drug-likeness (QED) is 0.879. The van der Waals surface area contributed by atoms with E-state index in [9.17, 15) is 0 Å². The number of benzene rings is 1. The van der Waals surface area contributed by atoms with Crippen molar-refractivity contribution in [3.63, 3.8) is 0 Å². The zero-order valence-corrected chi connectivity index (χ0v) is 12.5. The summed E-state index contributed by atoms with van der Waals surface area (Å²) in [5.74, 6) is 0.812. The molecule has 0 aliphatic carbocycles. The van der Waals surface area contributed by atoms with Crippen molar-refractivity contribution in [3.8, 4) is 0 Å². The van der Waals surface area contributed by atoms with Crippen molar-refractivity contribution in [1.29, 1.82) is 0 Å². The lowest BCUT2D eigenvalue weighted by Crippen LogP contribution is -2.30. The molecule has 19 heavy (non-hydrogen) atoms. The Balaban J connectivity index is 1.97. The van der Waals surface area contributed by atoms with Crippen LogP contribution in [0.15, 0.2) is 24.3 Å². The molecule has 1 aliphatic heterocycles. The first-order valence-corrected chi connectivity index (χ1v) is 7.41. The third-order valence-electron chi connectivity index (χ3n) is 4.16. The molecule has 1 heterocycles. The fourth-order valence-electron chi connectivity index (χ4n) is 2.97. The molecule has 1 aromatic carbocycles. The van der Waals surface area contributed by atoms with E-state index in [0.717, 1.165) is 12.5 Å². The van der Waals surface area contributed by atoms with Gasteiger partial charge in [0.05, 0.1) is 6.61 Å². The molecule has 0 radical (unpaired) electrons. The Kier molecular flexibility index (Phi) is 5.00. The summed E-state index contributed by atoms with van der Waals surface area (Å²) in [7, 11) is 1.77. The number of hydrogen-bond donors (Lipinski definition) is 1. The third-order valence-corrected chi connectivity index (χ3v) is 4.16. The maximum absolute atomic E-state index is 5.30. The number of hydrogen-bond acceptors (Lipinski definition) is 2. The second kappa shape index (κ2) is 6.53. The van der Waals surface area contributed by atoms with Gasteiger partial charge in [0.1, 0.15) is 0 Å². The molecule has 106 valence electrons. The molecular weight excluding hydrogens is 234 g/mol. The van der Waals surface area contributed by atoms with Gasteiger partial charge in [-0.3, -0.25) is 0 Å². The fraction of sp³-hybridized carbons (Fsp3) is 0.647. The smallest absolute Gasteiger partial charge is 0.0553 e. The van der Waals surface area contributed by atoms with E-state index in [0.29, 0.717) is 0 Å². The zero-order chi connectivity index (χ0) is 13.7. The highest BCUT2D eigenvalue weighted by molar-refractivity contribution is 5.28. The molecule has 0 spiro atoms. The normalized spacial score (nSPS) is 20.5. The first kappa shape index (κ1) is 14.5. The van der Waals surface area contributed by atoms with Gasteiger partial charge < -0.3 is 10.1 Å². The summed E-state index contributed by atoms with van der Waals surface area (Å²) in [6.07, 6.45) is 3.89. The summed E-state index contributed by atoms with van der Waals surface area (Å²) in [6, 6.07) is 9.12. The van der Waals surface area contributed by atoms with E-state index in [1.165, 1.54) is 43.5 Å². The fourth-order valence-corrected chi connectivity index (χ4v) is 2.97. The molecule has 2 nitrogen and oxygen atoms in total. The van der Waals surface area contributed by atoms with E-state index >= 15 is 0 Å². The summed E-state index contributed by atoms with van der Waals surface area (Å²) in [5.41, 5.74) is 2.92. The van der Waals surface area contributed by atoms with Crippen molar-refractivity contribution in [2.24, 2.45) is 5.92 Å². The Bertz CT molecular complexity index is 377. The highest BCUT2D eigenvalue weighted by Gasteiger charge is 2.20. The predicted molar refractivity (Wildman–Crippen MR) is 80.6 cm³/mol. The summed E-state index contributed by atoms with van der Waals surface area (Å²) in [4.78, 5) is 0. The standard InChI is InChI=1S/C17H27NO/c1-17(2,13-19-3)16-8-6-14(7-9-16)11-15-5-4-10-18-12-15/h6-9,15,18H,4-5,10-13H2,1-3H3. The van der Waals surface area contributed by atoms with E-state index in [1.54, 1.807) is 7.11 Å². The van der Waals surface area contributed by atoms with Crippen molar-refractivity contribution in [1.82, 2.24) is 5.32 Å².